The molecule has 0 bridgehead atoms. The van der Waals surface area contributed by atoms with Crippen molar-refractivity contribution in [1.29, 1.82) is 0 Å². The third-order valence-corrected chi connectivity index (χ3v) is 16.6. The molecule has 0 atom stereocenters. The minimum absolute atomic E-state index is 0.0000649. The summed E-state index contributed by atoms with van der Waals surface area (Å²) in [7, 11) is 0. The maximum Gasteiger partial charge on any atom is 0.161 e. The van der Waals surface area contributed by atoms with Crippen LogP contribution in [0.2, 0.25) is 5.02 Å². The number of halogens is 1. The topological polar surface area (TPSA) is 22.9 Å². The molecule has 0 aliphatic carbocycles. The van der Waals surface area contributed by atoms with Crippen molar-refractivity contribution in [3.05, 3.63) is 208 Å². The number of aryl methyl sites for hydroxylation is 1. The van der Waals surface area contributed by atoms with Crippen LogP contribution in [-0.2, 0) is 27.1 Å². The summed E-state index contributed by atoms with van der Waals surface area (Å²) in [5.74, 6) is 0. The van der Waals surface area contributed by atoms with Gasteiger partial charge in [0.1, 0.15) is 5.58 Å². The minimum Gasteiger partial charge on any atom is -0.454 e. The van der Waals surface area contributed by atoms with Crippen molar-refractivity contribution in [2.75, 3.05) is 14.7 Å². The number of furan rings is 1. The third kappa shape index (κ3) is 10.4. The second-order valence-corrected chi connectivity index (χ2v) is 27.6. The molecule has 0 unspecified atom stereocenters. The van der Waals surface area contributed by atoms with E-state index in [1.807, 2.05) is 0 Å². The number of para-hydroxylation sites is 1. The molecule has 0 spiro atoms. The summed E-state index contributed by atoms with van der Waals surface area (Å²) in [5, 5.41) is 6.16. The summed E-state index contributed by atoms with van der Waals surface area (Å²) in [6, 6.07) is 60.6. The lowest BCUT2D eigenvalue weighted by molar-refractivity contribution is 0.590. The van der Waals surface area contributed by atoms with Crippen molar-refractivity contribution in [1.82, 2.24) is 0 Å². The molecule has 0 aliphatic rings. The number of hydrogen-bond donors (Lipinski definition) is 0. The number of anilines is 9. The molecule has 10 rings (SSSR count). The highest BCUT2D eigenvalue weighted by Gasteiger charge is 2.31. The zero-order valence-electron chi connectivity index (χ0n) is 48.2. The third-order valence-electron chi connectivity index (χ3n) is 15.3. The summed E-state index contributed by atoms with van der Waals surface area (Å²) in [5.41, 5.74) is 17.8. The highest BCUT2D eigenvalue weighted by molar-refractivity contribution is 7.17. The van der Waals surface area contributed by atoms with Gasteiger partial charge in [-0.3, -0.25) is 0 Å². The lowest BCUT2D eigenvalue weighted by Crippen LogP contribution is -2.17. The molecule has 0 saturated heterocycles. The standard InChI is InChI=1S/C71H76ClN3OS/c1-45-41-59(65(72)60(42-45)75(54-36-27-49(28-37-54)70(11,12)13)61-44-77-63-40-29-50(43-56(61)63)71(14,15)16)74(53-34-25-48(26-35-53)69(8,9)10)58-39-38-57(64-55-19-17-18-20-62(55)76-66(58)64)73(51-30-21-46(22-31-51)67(2,3)4)52-32-23-47(24-33-52)68(5,6)7/h17-44H,1-16H3. The smallest absolute Gasteiger partial charge is 0.161 e. The van der Waals surface area contributed by atoms with Crippen molar-refractivity contribution < 1.29 is 4.42 Å². The van der Waals surface area contributed by atoms with E-state index in [0.29, 0.717) is 5.02 Å². The maximum atomic E-state index is 8.24. The Morgan fingerprint density at radius 3 is 1.21 bits per heavy atom. The lowest BCUT2D eigenvalue weighted by Gasteiger charge is -2.33. The van der Waals surface area contributed by atoms with Gasteiger partial charge in [0.25, 0.3) is 0 Å². The Kier molecular flexibility index (Phi) is 13.6. The van der Waals surface area contributed by atoms with Crippen LogP contribution in [0, 0.1) is 6.92 Å². The van der Waals surface area contributed by atoms with Gasteiger partial charge >= 0.3 is 0 Å². The fourth-order valence-corrected chi connectivity index (χ4v) is 11.7. The number of benzene rings is 8. The van der Waals surface area contributed by atoms with Gasteiger partial charge < -0.3 is 19.1 Å². The molecule has 0 N–H and O–H groups in total. The Bertz CT molecular complexity index is 3710. The first kappa shape index (κ1) is 53.6. The predicted molar refractivity (Wildman–Crippen MR) is 336 cm³/mol. The molecule has 0 radical (unpaired) electrons. The summed E-state index contributed by atoms with van der Waals surface area (Å²) < 4.78 is 8.48. The molecule has 8 aromatic carbocycles. The van der Waals surface area contributed by atoms with Crippen LogP contribution in [0.4, 0.5) is 51.2 Å². The SMILES string of the molecule is Cc1cc(N(c2ccc(C(C)(C)C)cc2)c2csc3ccc(C(C)(C)C)cc23)c(Cl)c(N(c2ccc(C(C)(C)C)cc2)c2ccc(N(c3ccc(C(C)(C)C)cc3)c3ccc(C(C)(C)C)cc3)c3c2oc2ccccc23)c1. The van der Waals surface area contributed by atoms with Crippen LogP contribution in [0.1, 0.15) is 137 Å². The van der Waals surface area contributed by atoms with Gasteiger partial charge in [0.2, 0.25) is 0 Å². The minimum atomic E-state index is -0.0516. The van der Waals surface area contributed by atoms with Gasteiger partial charge in [-0.2, -0.15) is 0 Å². The molecule has 0 saturated carbocycles. The molecule has 77 heavy (non-hydrogen) atoms. The lowest BCUT2D eigenvalue weighted by atomic mass is 9.86. The number of fused-ring (bicyclic) bond motifs is 4. The zero-order valence-corrected chi connectivity index (χ0v) is 49.8. The summed E-state index contributed by atoms with van der Waals surface area (Å²) in [6.45, 7) is 36.2. The van der Waals surface area contributed by atoms with Crippen molar-refractivity contribution >= 4 is 106 Å². The molecular formula is C71H76ClN3OS. The molecule has 6 heteroatoms. The van der Waals surface area contributed by atoms with E-state index in [0.717, 1.165) is 78.7 Å². The average molecular weight is 1050 g/mol. The van der Waals surface area contributed by atoms with Gasteiger partial charge in [0.05, 0.1) is 38.8 Å². The monoisotopic (exact) mass is 1050 g/mol. The first-order valence-corrected chi connectivity index (χ1v) is 28.5. The predicted octanol–water partition coefficient (Wildman–Crippen LogP) is 22.7. The van der Waals surface area contributed by atoms with E-state index in [2.05, 4.69) is 295 Å². The van der Waals surface area contributed by atoms with Gasteiger partial charge in [0, 0.05) is 43.6 Å². The van der Waals surface area contributed by atoms with E-state index in [9.17, 15) is 0 Å². The number of rotatable bonds is 9. The van der Waals surface area contributed by atoms with Gasteiger partial charge in [0.15, 0.2) is 5.58 Å². The Hall–Kier alpha value is -6.79. The van der Waals surface area contributed by atoms with Crippen molar-refractivity contribution in [2.24, 2.45) is 0 Å². The van der Waals surface area contributed by atoms with Crippen LogP contribution < -0.4 is 14.7 Å². The fourth-order valence-electron chi connectivity index (χ4n) is 10.6. The van der Waals surface area contributed by atoms with Gasteiger partial charge in [-0.15, -0.1) is 11.3 Å². The normalized spacial score (nSPS) is 12.7. The summed E-state index contributed by atoms with van der Waals surface area (Å²) in [4.78, 5) is 7.10. The molecule has 2 heterocycles. The first-order valence-electron chi connectivity index (χ1n) is 27.3. The molecular weight excluding hydrogens is 978 g/mol. The molecule has 394 valence electrons. The van der Waals surface area contributed by atoms with Crippen molar-refractivity contribution in [2.45, 2.75) is 138 Å². The molecule has 4 nitrogen and oxygen atoms in total. The molecule has 0 fully saturated rings. The number of nitrogens with zero attached hydrogens (tertiary/aromatic N) is 3. The summed E-state index contributed by atoms with van der Waals surface area (Å²) in [6.07, 6.45) is 0. The summed E-state index contributed by atoms with van der Waals surface area (Å²) >= 11 is 10.0. The van der Waals surface area contributed by atoms with Crippen LogP contribution >= 0.6 is 22.9 Å². The van der Waals surface area contributed by atoms with E-state index in [-0.39, 0.29) is 27.1 Å². The second-order valence-electron chi connectivity index (χ2n) is 26.3. The second kappa shape index (κ2) is 19.6. The largest absolute Gasteiger partial charge is 0.454 e. The maximum absolute atomic E-state index is 8.24. The number of thiophene rings is 1. The molecule has 10 aromatic rings. The van der Waals surface area contributed by atoms with Crippen LogP contribution in [0.15, 0.2) is 174 Å². The van der Waals surface area contributed by atoms with E-state index in [1.165, 1.54) is 37.9 Å². The van der Waals surface area contributed by atoms with Crippen LogP contribution in [0.5, 0.6) is 0 Å². The highest BCUT2D eigenvalue weighted by atomic mass is 35.5. The molecule has 0 amide bonds. The highest BCUT2D eigenvalue weighted by Crippen LogP contribution is 2.54. The van der Waals surface area contributed by atoms with Crippen LogP contribution in [-0.4, -0.2) is 0 Å². The van der Waals surface area contributed by atoms with Gasteiger partial charge in [-0.05, 0) is 158 Å². The van der Waals surface area contributed by atoms with Crippen LogP contribution in [0.3, 0.4) is 0 Å². The van der Waals surface area contributed by atoms with E-state index in [4.69, 9.17) is 16.0 Å². The van der Waals surface area contributed by atoms with Gasteiger partial charge in [-0.25, -0.2) is 0 Å². The Morgan fingerprint density at radius 2 is 0.766 bits per heavy atom. The Morgan fingerprint density at radius 1 is 0.377 bits per heavy atom. The fraction of sp³-hybridized carbons (Fsp3) is 0.296. The zero-order chi connectivity index (χ0) is 55.1. The quantitative estimate of drug-likeness (QED) is 0.144. The first-order chi connectivity index (χ1) is 36.2. The van der Waals surface area contributed by atoms with Gasteiger partial charge in [-0.1, -0.05) is 188 Å². The van der Waals surface area contributed by atoms with E-state index < -0.39 is 0 Å². The molecule has 0 aliphatic heterocycles. The van der Waals surface area contributed by atoms with E-state index in [1.54, 1.807) is 11.3 Å². The average Bonchev–Trinajstić information content (AvgIpc) is 4.05. The van der Waals surface area contributed by atoms with Crippen molar-refractivity contribution in [3.8, 4) is 0 Å². The Balaban J connectivity index is 1.25. The Labute approximate surface area is 468 Å². The van der Waals surface area contributed by atoms with Crippen LogP contribution in [0.25, 0.3) is 32.0 Å². The molecule has 2 aromatic heterocycles. The van der Waals surface area contributed by atoms with E-state index >= 15 is 0 Å². The number of hydrogen-bond acceptors (Lipinski definition) is 5. The van der Waals surface area contributed by atoms with Crippen molar-refractivity contribution in [3.63, 3.8) is 0 Å².